The van der Waals surface area contributed by atoms with Crippen LogP contribution in [0.5, 0.6) is 0 Å². The van der Waals surface area contributed by atoms with Gasteiger partial charge in [0.15, 0.2) is 0 Å². The Hall–Kier alpha value is -2.05. The van der Waals surface area contributed by atoms with Crippen LogP contribution >= 0.6 is 11.9 Å². The van der Waals surface area contributed by atoms with Gasteiger partial charge in [-0.3, -0.25) is 14.3 Å². The molecule has 2 rings (SSSR count). The Morgan fingerprint density at radius 3 is 2.65 bits per heavy atom. The van der Waals surface area contributed by atoms with Gasteiger partial charge in [0.2, 0.25) is 0 Å². The molecule has 1 heterocycles. The van der Waals surface area contributed by atoms with Crippen molar-refractivity contribution in [3.63, 3.8) is 0 Å². The first kappa shape index (κ1) is 17.3. The zero-order valence-electron chi connectivity index (χ0n) is 13.6. The van der Waals surface area contributed by atoms with E-state index in [2.05, 4.69) is 11.3 Å². The lowest BCUT2D eigenvalue weighted by atomic mass is 10.0. The first-order chi connectivity index (χ1) is 11.0. The zero-order valence-corrected chi connectivity index (χ0v) is 14.4. The van der Waals surface area contributed by atoms with Crippen LogP contribution in [-0.2, 0) is 0 Å². The third kappa shape index (κ3) is 3.65. The maximum Gasteiger partial charge on any atom is 0.319 e. The number of rotatable bonds is 5. The van der Waals surface area contributed by atoms with Gasteiger partial charge in [-0.15, -0.1) is 6.58 Å². The number of hydrogen-bond donors (Lipinski definition) is 1. The molecule has 1 aromatic carbocycles. The lowest BCUT2D eigenvalue weighted by Gasteiger charge is -2.12. The maximum atomic E-state index is 12.8. The van der Waals surface area contributed by atoms with E-state index >= 15 is 0 Å². The summed E-state index contributed by atoms with van der Waals surface area (Å²) in [5.74, 6) is 0. The van der Waals surface area contributed by atoms with E-state index < -0.39 is 0 Å². The van der Waals surface area contributed by atoms with Crippen LogP contribution in [0.15, 0.2) is 47.9 Å². The van der Waals surface area contributed by atoms with Gasteiger partial charge in [0.05, 0.1) is 5.56 Å². The highest BCUT2D eigenvalue weighted by molar-refractivity contribution is 8.11. The molecule has 0 aliphatic carbocycles. The number of benzene rings is 1. The largest absolute Gasteiger partial charge is 0.319 e. The van der Waals surface area contributed by atoms with Crippen LogP contribution in [0.3, 0.4) is 0 Å². The summed E-state index contributed by atoms with van der Waals surface area (Å²) in [7, 11) is 0. The molecule has 0 atom stereocenters. The first-order valence-corrected chi connectivity index (χ1v) is 8.24. The number of aryl methyl sites for hydroxylation is 1. The summed E-state index contributed by atoms with van der Waals surface area (Å²) < 4.78 is 5.76. The normalized spacial score (nSPS) is 11.0. The molecule has 0 spiro atoms. The van der Waals surface area contributed by atoms with Crippen molar-refractivity contribution in [1.29, 1.82) is 0 Å². The fourth-order valence-electron chi connectivity index (χ4n) is 2.35. The van der Waals surface area contributed by atoms with Crippen LogP contribution < -0.4 is 10.3 Å². The van der Waals surface area contributed by atoms with Gasteiger partial charge in [0, 0.05) is 30.7 Å². The molecule has 0 bridgehead atoms. The van der Waals surface area contributed by atoms with E-state index in [0.717, 1.165) is 23.1 Å². The third-order valence-corrected chi connectivity index (χ3v) is 4.09. The topological polar surface area (TPSA) is 56.0 Å². The summed E-state index contributed by atoms with van der Waals surface area (Å²) in [6.45, 7) is 9.82. The van der Waals surface area contributed by atoms with Crippen LogP contribution in [-0.4, -0.2) is 21.1 Å². The van der Waals surface area contributed by atoms with Crippen molar-refractivity contribution < 1.29 is 4.79 Å². The monoisotopic (exact) mass is 331 g/mol. The Labute approximate surface area is 140 Å². The van der Waals surface area contributed by atoms with Crippen molar-refractivity contribution >= 4 is 17.2 Å². The first-order valence-electron chi connectivity index (χ1n) is 7.42. The minimum absolute atomic E-state index is 0.121. The summed E-state index contributed by atoms with van der Waals surface area (Å²) >= 11 is 0.950. The molecule has 0 saturated heterocycles. The molecule has 0 saturated carbocycles. The molecule has 5 nitrogen and oxygen atoms in total. The molecule has 0 amide bonds. The zero-order chi connectivity index (χ0) is 17.0. The van der Waals surface area contributed by atoms with Gasteiger partial charge in [0.25, 0.3) is 5.56 Å². The second kappa shape index (κ2) is 7.48. The maximum absolute atomic E-state index is 12.8. The number of carbonyl (C=O) groups excluding carboxylic acids is 1. The van der Waals surface area contributed by atoms with Crippen molar-refractivity contribution in [3.8, 4) is 11.1 Å². The summed E-state index contributed by atoms with van der Waals surface area (Å²) in [6.07, 6.45) is 3.29. The van der Waals surface area contributed by atoms with E-state index in [4.69, 9.17) is 0 Å². The van der Waals surface area contributed by atoms with Crippen LogP contribution in [0.2, 0.25) is 0 Å². The van der Waals surface area contributed by atoms with Crippen LogP contribution in [0.1, 0.15) is 25.5 Å². The summed E-state index contributed by atoms with van der Waals surface area (Å²) in [6, 6.07) is 7.55. The SMILES string of the molecule is C=CCNSC(=O)n1cc(-c2ccccc2C)c(=O)n1C(C)C. The Morgan fingerprint density at radius 1 is 1.35 bits per heavy atom. The number of hydrogen-bond acceptors (Lipinski definition) is 4. The summed E-state index contributed by atoms with van der Waals surface area (Å²) in [5.41, 5.74) is 2.23. The van der Waals surface area contributed by atoms with Crippen molar-refractivity contribution in [3.05, 3.63) is 59.0 Å². The molecule has 0 aliphatic rings. The van der Waals surface area contributed by atoms with Crippen molar-refractivity contribution in [2.24, 2.45) is 0 Å². The molecule has 2 aromatic rings. The Balaban J connectivity index is 2.50. The van der Waals surface area contributed by atoms with Crippen molar-refractivity contribution in [1.82, 2.24) is 14.1 Å². The molecule has 1 N–H and O–H groups in total. The highest BCUT2D eigenvalue weighted by atomic mass is 32.2. The lowest BCUT2D eigenvalue weighted by molar-refractivity contribution is 0.253. The highest BCUT2D eigenvalue weighted by Crippen LogP contribution is 2.22. The van der Waals surface area contributed by atoms with Crippen LogP contribution in [0.4, 0.5) is 4.79 Å². The molecule has 0 fully saturated rings. The van der Waals surface area contributed by atoms with E-state index in [1.54, 1.807) is 12.3 Å². The van der Waals surface area contributed by atoms with Crippen LogP contribution in [0, 0.1) is 6.92 Å². The van der Waals surface area contributed by atoms with Gasteiger partial charge < -0.3 is 0 Å². The van der Waals surface area contributed by atoms with E-state index in [1.807, 2.05) is 45.0 Å². The predicted molar refractivity (Wildman–Crippen MR) is 95.8 cm³/mol. The fourth-order valence-corrected chi connectivity index (χ4v) is 2.91. The molecule has 1 aromatic heterocycles. The molecule has 6 heteroatoms. The van der Waals surface area contributed by atoms with Gasteiger partial charge >= 0.3 is 5.24 Å². The number of nitrogens with zero attached hydrogens (tertiary/aromatic N) is 2. The van der Waals surface area contributed by atoms with Crippen molar-refractivity contribution in [2.75, 3.05) is 6.54 Å². The number of nitrogens with one attached hydrogen (secondary N) is 1. The van der Waals surface area contributed by atoms with Gasteiger partial charge in [-0.2, -0.15) is 0 Å². The minimum Gasteiger partial charge on any atom is -0.267 e. The molecule has 0 aliphatic heterocycles. The Bertz CT molecular complexity index is 774. The number of aromatic nitrogens is 2. The van der Waals surface area contributed by atoms with Gasteiger partial charge in [-0.25, -0.2) is 9.36 Å². The standard InChI is InChI=1S/C17H21N3O2S/c1-5-10-18-23-17(22)19-11-15(16(21)20(19)12(2)3)14-9-7-6-8-13(14)4/h5-9,11-12,18H,1,10H2,2-4H3. The fraction of sp³-hybridized carbons (Fsp3) is 0.294. The lowest BCUT2D eigenvalue weighted by Crippen LogP contribution is -2.28. The highest BCUT2D eigenvalue weighted by Gasteiger charge is 2.20. The molecule has 0 radical (unpaired) electrons. The van der Waals surface area contributed by atoms with E-state index in [9.17, 15) is 9.59 Å². The quantitative estimate of drug-likeness (QED) is 0.517. The van der Waals surface area contributed by atoms with Crippen molar-refractivity contribution in [2.45, 2.75) is 26.8 Å². The Morgan fingerprint density at radius 2 is 2.04 bits per heavy atom. The second-order valence-electron chi connectivity index (χ2n) is 5.45. The van der Waals surface area contributed by atoms with Gasteiger partial charge in [-0.05, 0) is 31.9 Å². The molecular formula is C17H21N3O2S. The Kier molecular flexibility index (Phi) is 5.63. The molecule has 23 heavy (non-hydrogen) atoms. The molecule has 122 valence electrons. The third-order valence-electron chi connectivity index (χ3n) is 3.42. The number of carbonyl (C=O) groups is 1. The van der Waals surface area contributed by atoms with E-state index in [1.165, 1.54) is 9.36 Å². The minimum atomic E-state index is -0.252. The van der Waals surface area contributed by atoms with Crippen LogP contribution in [0.25, 0.3) is 11.1 Å². The summed E-state index contributed by atoms with van der Waals surface area (Å²) in [5, 5.41) is -0.252. The van der Waals surface area contributed by atoms with E-state index in [0.29, 0.717) is 12.1 Å². The summed E-state index contributed by atoms with van der Waals surface area (Å²) in [4.78, 5) is 25.2. The molecular weight excluding hydrogens is 310 g/mol. The van der Waals surface area contributed by atoms with Gasteiger partial charge in [-0.1, -0.05) is 30.3 Å². The smallest absolute Gasteiger partial charge is 0.267 e. The second-order valence-corrected chi connectivity index (χ2v) is 6.29. The average Bonchev–Trinajstić information content (AvgIpc) is 2.85. The van der Waals surface area contributed by atoms with E-state index in [-0.39, 0.29) is 16.8 Å². The van der Waals surface area contributed by atoms with Gasteiger partial charge in [0.1, 0.15) is 0 Å². The molecule has 0 unspecified atom stereocenters. The predicted octanol–water partition coefficient (Wildman–Crippen LogP) is 3.60. The average molecular weight is 331 g/mol.